The quantitative estimate of drug-likeness (QED) is 0.509. The summed E-state index contributed by atoms with van der Waals surface area (Å²) in [5, 5.41) is 14.5. The maximum Gasteiger partial charge on any atom is 0.434 e. The summed E-state index contributed by atoms with van der Waals surface area (Å²) in [6.45, 7) is 3.27. The Bertz CT molecular complexity index is 1370. The highest BCUT2D eigenvalue weighted by atomic mass is 35.5. The van der Waals surface area contributed by atoms with E-state index in [2.05, 4.69) is 4.98 Å². The fourth-order valence-corrected chi connectivity index (χ4v) is 5.50. The smallest absolute Gasteiger partial charge is 0.434 e. The van der Waals surface area contributed by atoms with E-state index < -0.39 is 28.9 Å². The van der Waals surface area contributed by atoms with Gasteiger partial charge in [0.1, 0.15) is 11.9 Å². The monoisotopic (exact) mass is 535 g/mol. The van der Waals surface area contributed by atoms with Crippen LogP contribution in [0.1, 0.15) is 53.5 Å². The summed E-state index contributed by atoms with van der Waals surface area (Å²) in [4.78, 5) is 31.6. The summed E-state index contributed by atoms with van der Waals surface area (Å²) in [7, 11) is 0. The number of halogens is 4. The molecule has 2 aromatic heterocycles. The minimum absolute atomic E-state index is 0.0263. The zero-order valence-corrected chi connectivity index (χ0v) is 20.8. The van der Waals surface area contributed by atoms with Crippen molar-refractivity contribution in [2.24, 2.45) is 0 Å². The number of rotatable bonds is 4. The molecule has 3 aromatic rings. The minimum Gasteiger partial charge on any atom is -0.480 e. The number of pyridine rings is 1. The number of nitrogens with zero attached hydrogens (tertiary/aromatic N) is 5. The van der Waals surface area contributed by atoms with Crippen LogP contribution in [0.4, 0.5) is 19.0 Å². The number of aromatic nitrogens is 3. The number of carbonyl (C=O) groups is 2. The number of aryl methyl sites for hydroxylation is 1. The first-order valence-electron chi connectivity index (χ1n) is 12.1. The van der Waals surface area contributed by atoms with E-state index in [1.165, 1.54) is 17.0 Å². The minimum atomic E-state index is -4.62. The van der Waals surface area contributed by atoms with Gasteiger partial charge in [-0.3, -0.25) is 9.48 Å². The average Bonchev–Trinajstić information content (AvgIpc) is 3.48. The van der Waals surface area contributed by atoms with Gasteiger partial charge in [0.2, 0.25) is 0 Å². The Morgan fingerprint density at radius 3 is 2.49 bits per heavy atom. The zero-order valence-electron chi connectivity index (χ0n) is 20.0. The Labute approximate surface area is 215 Å². The second-order valence-corrected chi connectivity index (χ2v) is 9.88. The van der Waals surface area contributed by atoms with Crippen LogP contribution in [0.15, 0.2) is 30.3 Å². The highest BCUT2D eigenvalue weighted by Gasteiger charge is 2.37. The van der Waals surface area contributed by atoms with Crippen molar-refractivity contribution >= 4 is 40.2 Å². The lowest BCUT2D eigenvalue weighted by Gasteiger charge is -2.33. The molecule has 2 saturated heterocycles. The van der Waals surface area contributed by atoms with Crippen molar-refractivity contribution < 1.29 is 27.9 Å². The second kappa shape index (κ2) is 9.51. The molecular formula is C25H25ClF3N5O3. The molecule has 0 bridgehead atoms. The van der Waals surface area contributed by atoms with Gasteiger partial charge in [-0.15, -0.1) is 0 Å². The maximum absolute atomic E-state index is 13.2. The molecule has 0 radical (unpaired) electrons. The Hall–Kier alpha value is -3.34. The second-order valence-electron chi connectivity index (χ2n) is 9.47. The van der Waals surface area contributed by atoms with E-state index in [0.29, 0.717) is 50.9 Å². The van der Waals surface area contributed by atoms with Crippen molar-refractivity contribution in [2.45, 2.75) is 50.9 Å². The summed E-state index contributed by atoms with van der Waals surface area (Å²) in [6, 6.07) is 7.24. The van der Waals surface area contributed by atoms with E-state index in [1.54, 1.807) is 12.1 Å². The average molecular weight is 536 g/mol. The van der Waals surface area contributed by atoms with E-state index in [-0.39, 0.29) is 17.8 Å². The third kappa shape index (κ3) is 4.72. The molecule has 4 heterocycles. The van der Waals surface area contributed by atoms with E-state index in [4.69, 9.17) is 16.7 Å². The summed E-state index contributed by atoms with van der Waals surface area (Å²) < 4.78 is 41.6. The highest BCUT2D eigenvalue weighted by molar-refractivity contribution is 6.31. The lowest BCUT2D eigenvalue weighted by molar-refractivity contribution is -0.142. The highest BCUT2D eigenvalue weighted by Crippen LogP contribution is 2.36. The number of piperidine rings is 1. The van der Waals surface area contributed by atoms with Crippen molar-refractivity contribution in [3.8, 4) is 0 Å². The first-order chi connectivity index (χ1) is 17.5. The van der Waals surface area contributed by atoms with Gasteiger partial charge in [-0.05, 0) is 62.9 Å². The van der Waals surface area contributed by atoms with Crippen LogP contribution in [0, 0.1) is 6.92 Å². The number of hydrogen-bond acceptors (Lipinski definition) is 5. The van der Waals surface area contributed by atoms with Gasteiger partial charge >= 0.3 is 12.1 Å². The largest absolute Gasteiger partial charge is 0.480 e. The van der Waals surface area contributed by atoms with Crippen LogP contribution in [-0.4, -0.2) is 62.3 Å². The van der Waals surface area contributed by atoms with Crippen LogP contribution in [-0.2, 0) is 11.0 Å². The number of alkyl halides is 3. The number of carboxylic acid groups (broad SMARTS) is 1. The predicted octanol–water partition coefficient (Wildman–Crippen LogP) is 4.94. The third-order valence-electron chi connectivity index (χ3n) is 7.17. The number of hydrogen-bond donors (Lipinski definition) is 1. The van der Waals surface area contributed by atoms with Gasteiger partial charge in [-0.1, -0.05) is 11.6 Å². The van der Waals surface area contributed by atoms with Crippen LogP contribution in [0.25, 0.3) is 10.9 Å². The number of fused-ring (bicyclic) bond motifs is 1. The number of anilines is 1. The molecule has 1 amide bonds. The Morgan fingerprint density at radius 1 is 1.08 bits per heavy atom. The molecule has 2 aliphatic heterocycles. The summed E-state index contributed by atoms with van der Waals surface area (Å²) >= 11 is 5.71. The standard InChI is InChI=1S/C25H25ClF3N5O3/c1-14-17-13-15(23(35)33-10-2-3-20(33)24(36)37)4-6-19(17)34(31-14)16-8-11-32(12-9-16)21-7-5-18(26)22(30-21)25(27,28)29/h4-7,13,16,20H,2-3,8-12H2,1H3,(H,36,37)/t20-/m0/s1. The molecule has 1 N–H and O–H groups in total. The molecule has 0 saturated carbocycles. The first-order valence-corrected chi connectivity index (χ1v) is 12.4. The van der Waals surface area contributed by atoms with E-state index in [9.17, 15) is 27.9 Å². The van der Waals surface area contributed by atoms with Crippen molar-refractivity contribution in [3.63, 3.8) is 0 Å². The molecule has 2 fully saturated rings. The molecule has 196 valence electrons. The SMILES string of the molecule is Cc1nn(C2CCN(c3ccc(Cl)c(C(F)(F)F)n3)CC2)c2ccc(C(=O)N3CCC[C@H]3C(=O)O)cc12. The van der Waals surface area contributed by atoms with E-state index in [0.717, 1.165) is 16.6 Å². The maximum atomic E-state index is 13.2. The lowest BCUT2D eigenvalue weighted by atomic mass is 10.0. The molecule has 1 atom stereocenters. The molecule has 2 aliphatic rings. The topological polar surface area (TPSA) is 91.6 Å². The molecule has 8 nitrogen and oxygen atoms in total. The normalized spacial score (nSPS) is 19.1. The van der Waals surface area contributed by atoms with Gasteiger partial charge in [-0.25, -0.2) is 9.78 Å². The molecule has 37 heavy (non-hydrogen) atoms. The molecule has 0 unspecified atom stereocenters. The summed E-state index contributed by atoms with van der Waals surface area (Å²) in [5.74, 6) is -1.06. The number of carbonyl (C=O) groups excluding carboxylic acids is 1. The van der Waals surface area contributed by atoms with Gasteiger partial charge in [0.25, 0.3) is 5.91 Å². The number of benzene rings is 1. The van der Waals surface area contributed by atoms with Gasteiger partial charge < -0.3 is 14.9 Å². The van der Waals surface area contributed by atoms with Gasteiger partial charge in [0, 0.05) is 30.6 Å². The molecular weight excluding hydrogens is 511 g/mol. The summed E-state index contributed by atoms with van der Waals surface area (Å²) in [6.07, 6.45) is -2.22. The Morgan fingerprint density at radius 2 is 1.81 bits per heavy atom. The number of likely N-dealkylation sites (tertiary alicyclic amines) is 1. The van der Waals surface area contributed by atoms with Crippen molar-refractivity contribution in [3.05, 3.63) is 52.3 Å². The van der Waals surface area contributed by atoms with Gasteiger partial charge in [-0.2, -0.15) is 18.3 Å². The van der Waals surface area contributed by atoms with Crippen LogP contribution in [0.2, 0.25) is 5.02 Å². The number of carboxylic acids is 1. The van der Waals surface area contributed by atoms with Crippen LogP contribution in [0.3, 0.4) is 0 Å². The summed E-state index contributed by atoms with van der Waals surface area (Å²) in [5.41, 5.74) is 0.939. The van der Waals surface area contributed by atoms with Crippen LogP contribution in [0.5, 0.6) is 0 Å². The molecule has 12 heteroatoms. The van der Waals surface area contributed by atoms with E-state index in [1.807, 2.05) is 22.6 Å². The van der Waals surface area contributed by atoms with E-state index >= 15 is 0 Å². The molecule has 0 aliphatic carbocycles. The van der Waals surface area contributed by atoms with Gasteiger partial charge in [0.05, 0.1) is 22.3 Å². The zero-order chi connectivity index (χ0) is 26.5. The number of amides is 1. The number of aliphatic carboxylic acids is 1. The van der Waals surface area contributed by atoms with Crippen LogP contribution < -0.4 is 4.90 Å². The van der Waals surface area contributed by atoms with Crippen molar-refractivity contribution in [1.29, 1.82) is 0 Å². The predicted molar refractivity (Wildman–Crippen MR) is 131 cm³/mol. The first kappa shape index (κ1) is 25.3. The fourth-order valence-electron chi connectivity index (χ4n) is 5.28. The van der Waals surface area contributed by atoms with Crippen LogP contribution >= 0.6 is 11.6 Å². The van der Waals surface area contributed by atoms with Gasteiger partial charge in [0.15, 0.2) is 5.69 Å². The third-order valence-corrected chi connectivity index (χ3v) is 7.48. The van der Waals surface area contributed by atoms with Crippen molar-refractivity contribution in [1.82, 2.24) is 19.7 Å². The Kier molecular flexibility index (Phi) is 6.51. The molecule has 0 spiro atoms. The lowest BCUT2D eigenvalue weighted by Crippen LogP contribution is -2.40. The molecule has 5 rings (SSSR count). The Balaban J connectivity index is 1.34. The fraction of sp³-hybridized carbons (Fsp3) is 0.440. The van der Waals surface area contributed by atoms with Crippen molar-refractivity contribution in [2.75, 3.05) is 24.5 Å². The molecule has 1 aromatic carbocycles.